The fourth-order valence-corrected chi connectivity index (χ4v) is 5.77. The molecule has 0 atom stereocenters. The maximum atomic E-state index is 13.4. The highest BCUT2D eigenvalue weighted by Gasteiger charge is 2.29. The van der Waals surface area contributed by atoms with Crippen molar-refractivity contribution in [2.45, 2.75) is 56.5 Å². The Labute approximate surface area is 187 Å². The normalized spacial score (nSPS) is 15.4. The zero-order valence-corrected chi connectivity index (χ0v) is 19.0. The van der Waals surface area contributed by atoms with E-state index in [1.54, 1.807) is 7.11 Å². The van der Waals surface area contributed by atoms with Gasteiger partial charge in [-0.3, -0.25) is 9.36 Å². The molecule has 7 heteroatoms. The van der Waals surface area contributed by atoms with Crippen LogP contribution in [0.25, 0.3) is 11.4 Å². The number of hydrogen-bond donors (Lipinski definition) is 0. The topological polar surface area (TPSA) is 61.9 Å². The second-order valence-corrected chi connectivity index (χ2v) is 9.32. The zero-order valence-electron chi connectivity index (χ0n) is 18.2. The van der Waals surface area contributed by atoms with Crippen molar-refractivity contribution in [1.29, 1.82) is 0 Å². The molecule has 0 unspecified atom stereocenters. The Morgan fingerprint density at radius 1 is 0.968 bits per heavy atom. The van der Waals surface area contributed by atoms with Gasteiger partial charge in [0.25, 0.3) is 0 Å². The van der Waals surface area contributed by atoms with Gasteiger partial charge >= 0.3 is 0 Å². The van der Waals surface area contributed by atoms with Gasteiger partial charge in [-0.15, -0.1) is 10.2 Å². The summed E-state index contributed by atoms with van der Waals surface area (Å²) in [7, 11) is 3.61. The predicted molar refractivity (Wildman–Crippen MR) is 122 cm³/mol. The van der Waals surface area contributed by atoms with Gasteiger partial charge in [-0.25, -0.2) is 0 Å². The van der Waals surface area contributed by atoms with Crippen LogP contribution in [-0.2, 0) is 32.7 Å². The van der Waals surface area contributed by atoms with Gasteiger partial charge in [0.05, 0.1) is 12.9 Å². The molecule has 0 radical (unpaired) electrons. The van der Waals surface area contributed by atoms with E-state index in [-0.39, 0.29) is 5.91 Å². The molecule has 6 nitrogen and oxygen atoms in total. The lowest BCUT2D eigenvalue weighted by Gasteiger charge is -2.16. The number of rotatable bonds is 5. The number of ether oxygens (including phenoxy) is 1. The molecule has 0 saturated carbocycles. The first-order valence-corrected chi connectivity index (χ1v) is 12.1. The summed E-state index contributed by atoms with van der Waals surface area (Å²) in [6.07, 6.45) is 9.21. The molecule has 162 valence electrons. The number of hydrogen-bond acceptors (Lipinski definition) is 5. The fourth-order valence-electron chi connectivity index (χ4n) is 5.01. The molecule has 1 aromatic carbocycles. The molecular formula is C24H28N4O2S. The second kappa shape index (κ2) is 8.54. The number of nitrogens with zero attached hydrogens (tertiary/aromatic N) is 4. The Morgan fingerprint density at radius 3 is 2.19 bits per heavy atom. The second-order valence-electron chi connectivity index (χ2n) is 8.38. The standard InChI is InChI=1S/C24H28N4O2S/c1-27-23(16-11-13-17(30-2)14-12-16)25-26-24(27)31-15-22(29)28-20-9-5-3-7-18(20)19-8-4-6-10-21(19)28/h11-14H,3-10,15H2,1-2H3. The predicted octanol–water partition coefficient (Wildman–Crippen LogP) is 4.48. The highest BCUT2D eigenvalue weighted by Crippen LogP contribution is 2.35. The van der Waals surface area contributed by atoms with Gasteiger partial charge in [0.15, 0.2) is 11.0 Å². The fraction of sp³-hybridized carbons (Fsp3) is 0.458. The average Bonchev–Trinajstić information content (AvgIpc) is 3.35. The van der Waals surface area contributed by atoms with Crippen LogP contribution >= 0.6 is 11.8 Å². The molecule has 0 N–H and O–H groups in total. The summed E-state index contributed by atoms with van der Waals surface area (Å²) in [6.45, 7) is 0. The number of carbonyl (C=O) groups excluding carboxylic acids is 1. The van der Waals surface area contributed by atoms with Crippen molar-refractivity contribution < 1.29 is 9.53 Å². The van der Waals surface area contributed by atoms with E-state index in [2.05, 4.69) is 14.8 Å². The lowest BCUT2D eigenvalue weighted by Crippen LogP contribution is -2.21. The van der Waals surface area contributed by atoms with Crippen LogP contribution in [0.15, 0.2) is 29.4 Å². The van der Waals surface area contributed by atoms with Crippen LogP contribution < -0.4 is 4.74 Å². The van der Waals surface area contributed by atoms with Crippen molar-refractivity contribution in [3.05, 3.63) is 46.8 Å². The summed E-state index contributed by atoms with van der Waals surface area (Å²) in [6, 6.07) is 7.78. The maximum absolute atomic E-state index is 13.4. The van der Waals surface area contributed by atoms with E-state index in [4.69, 9.17) is 4.74 Å². The van der Waals surface area contributed by atoms with E-state index in [1.807, 2.05) is 35.9 Å². The van der Waals surface area contributed by atoms with Gasteiger partial charge < -0.3 is 9.30 Å². The van der Waals surface area contributed by atoms with Crippen LogP contribution in [0.5, 0.6) is 5.75 Å². The first kappa shape index (κ1) is 20.4. The van der Waals surface area contributed by atoms with Crippen molar-refractivity contribution in [2.24, 2.45) is 7.05 Å². The highest BCUT2D eigenvalue weighted by molar-refractivity contribution is 7.99. The van der Waals surface area contributed by atoms with Gasteiger partial charge in [-0.1, -0.05) is 11.8 Å². The van der Waals surface area contributed by atoms with E-state index in [9.17, 15) is 4.79 Å². The first-order chi connectivity index (χ1) is 15.2. The molecule has 5 rings (SSSR count). The Kier molecular flexibility index (Phi) is 5.61. The molecule has 31 heavy (non-hydrogen) atoms. The van der Waals surface area contributed by atoms with Crippen LogP contribution in [0.1, 0.15) is 53.0 Å². The van der Waals surface area contributed by atoms with E-state index >= 15 is 0 Å². The van der Waals surface area contributed by atoms with Crippen LogP contribution in [0.4, 0.5) is 0 Å². The summed E-state index contributed by atoms with van der Waals surface area (Å²) < 4.78 is 9.27. The van der Waals surface area contributed by atoms with E-state index in [1.165, 1.54) is 60.0 Å². The molecule has 0 aliphatic heterocycles. The number of carbonyl (C=O) groups is 1. The zero-order chi connectivity index (χ0) is 21.4. The minimum absolute atomic E-state index is 0.181. The van der Waals surface area contributed by atoms with Crippen LogP contribution in [0.3, 0.4) is 0 Å². The summed E-state index contributed by atoms with van der Waals surface area (Å²) in [5.74, 6) is 2.15. The van der Waals surface area contributed by atoms with E-state index in [0.29, 0.717) is 5.75 Å². The highest BCUT2D eigenvalue weighted by atomic mass is 32.2. The van der Waals surface area contributed by atoms with Crippen LogP contribution in [0.2, 0.25) is 0 Å². The van der Waals surface area contributed by atoms with Crippen molar-refractivity contribution in [2.75, 3.05) is 12.9 Å². The molecular weight excluding hydrogens is 408 g/mol. The Hall–Kier alpha value is -2.54. The number of benzene rings is 1. The number of fused-ring (bicyclic) bond motifs is 3. The maximum Gasteiger partial charge on any atom is 0.241 e. The molecule has 3 aromatic rings. The molecule has 2 aliphatic rings. The third-order valence-electron chi connectivity index (χ3n) is 6.54. The monoisotopic (exact) mass is 436 g/mol. The molecule has 0 saturated heterocycles. The van der Waals surface area contributed by atoms with Crippen LogP contribution in [-0.4, -0.2) is 38.1 Å². The van der Waals surface area contributed by atoms with Crippen molar-refractivity contribution in [3.63, 3.8) is 0 Å². The largest absolute Gasteiger partial charge is 0.497 e. The Balaban J connectivity index is 1.36. The smallest absolute Gasteiger partial charge is 0.241 e. The lowest BCUT2D eigenvalue weighted by molar-refractivity contribution is 0.0934. The lowest BCUT2D eigenvalue weighted by atomic mass is 9.89. The first-order valence-electron chi connectivity index (χ1n) is 11.1. The van der Waals surface area contributed by atoms with Gasteiger partial charge in [-0.05, 0) is 86.8 Å². The Morgan fingerprint density at radius 2 is 1.58 bits per heavy atom. The minimum atomic E-state index is 0.181. The summed E-state index contributed by atoms with van der Waals surface area (Å²) in [5.41, 5.74) is 6.53. The van der Waals surface area contributed by atoms with Gasteiger partial charge in [-0.2, -0.15) is 0 Å². The SMILES string of the molecule is COc1ccc(-c2nnc(SCC(=O)n3c4c(c5c3CCCC5)CCCC4)n2C)cc1. The molecule has 0 spiro atoms. The van der Waals surface area contributed by atoms with Crippen molar-refractivity contribution in [1.82, 2.24) is 19.3 Å². The van der Waals surface area contributed by atoms with Gasteiger partial charge in [0.1, 0.15) is 5.75 Å². The minimum Gasteiger partial charge on any atom is -0.497 e. The number of methoxy groups -OCH3 is 1. The van der Waals surface area contributed by atoms with Crippen LogP contribution in [0, 0.1) is 0 Å². The van der Waals surface area contributed by atoms with Gasteiger partial charge in [0.2, 0.25) is 5.91 Å². The molecule has 2 heterocycles. The summed E-state index contributed by atoms with van der Waals surface area (Å²) in [4.78, 5) is 13.4. The van der Waals surface area contributed by atoms with Crippen molar-refractivity contribution in [3.8, 4) is 17.1 Å². The molecule has 2 aliphatic carbocycles. The quantitative estimate of drug-likeness (QED) is 0.552. The summed E-state index contributed by atoms with van der Waals surface area (Å²) in [5, 5.41) is 9.46. The average molecular weight is 437 g/mol. The van der Waals surface area contributed by atoms with Gasteiger partial charge in [0, 0.05) is 24.0 Å². The molecule has 0 fully saturated rings. The third-order valence-corrected chi connectivity index (χ3v) is 7.54. The third kappa shape index (κ3) is 3.69. The number of aromatic nitrogens is 4. The molecule has 0 amide bonds. The molecule has 2 aromatic heterocycles. The van der Waals surface area contributed by atoms with E-state index in [0.717, 1.165) is 48.0 Å². The summed E-state index contributed by atoms with van der Waals surface area (Å²) >= 11 is 1.47. The molecule has 0 bridgehead atoms. The Bertz CT molecular complexity index is 1080. The van der Waals surface area contributed by atoms with Crippen molar-refractivity contribution >= 4 is 17.7 Å². The number of thioether (sulfide) groups is 1. The van der Waals surface area contributed by atoms with E-state index < -0.39 is 0 Å².